The fourth-order valence-electron chi connectivity index (χ4n) is 3.60. The maximum Gasteiger partial charge on any atom is 0.216 e. The monoisotopic (exact) mass is 345 g/mol. The molecule has 0 atom stereocenters. The van der Waals surface area contributed by atoms with Crippen LogP contribution in [-0.4, -0.2) is 28.9 Å². The van der Waals surface area contributed by atoms with Crippen LogP contribution in [0.2, 0.25) is 0 Å². The molecule has 0 N–H and O–H groups in total. The van der Waals surface area contributed by atoms with E-state index in [1.807, 2.05) is 0 Å². The molecule has 1 heterocycles. The maximum atomic E-state index is 2.30. The fourth-order valence-corrected chi connectivity index (χ4v) is 3.60. The second kappa shape index (κ2) is 6.95. The van der Waals surface area contributed by atoms with E-state index in [1.54, 1.807) is 0 Å². The molecule has 0 aliphatic carbocycles. The van der Waals surface area contributed by atoms with E-state index in [9.17, 15) is 0 Å². The van der Waals surface area contributed by atoms with Crippen LogP contribution in [0.15, 0.2) is 66.9 Å². The summed E-state index contributed by atoms with van der Waals surface area (Å²) >= 11 is 0. The van der Waals surface area contributed by atoms with Gasteiger partial charge in [0.1, 0.15) is 14.1 Å². The summed E-state index contributed by atoms with van der Waals surface area (Å²) in [7, 11) is 6.42. The summed E-state index contributed by atoms with van der Waals surface area (Å²) < 4.78 is 4.52. The Bertz CT molecular complexity index is 920. The highest BCUT2D eigenvalue weighted by Crippen LogP contribution is 2.36. The molecule has 0 aliphatic rings. The van der Waals surface area contributed by atoms with Gasteiger partial charge < -0.3 is 4.57 Å². The van der Waals surface area contributed by atoms with E-state index in [2.05, 4.69) is 118 Å². The first-order chi connectivity index (χ1) is 12.3. The summed E-state index contributed by atoms with van der Waals surface area (Å²) in [4.78, 5) is 0. The van der Waals surface area contributed by atoms with Crippen molar-refractivity contribution in [2.75, 3.05) is 14.1 Å². The lowest BCUT2D eigenvalue weighted by molar-refractivity contribution is -0.463. The van der Waals surface area contributed by atoms with Crippen molar-refractivity contribution in [1.82, 2.24) is 4.57 Å². The summed E-state index contributed by atoms with van der Waals surface area (Å²) in [6, 6.07) is 21.4. The SMILES string of the molecule is Cn1cc(C(C)(C)C)c(C(c2ccccc2)=[N+](C)C)c1-c1ccccc1. The molecule has 0 bridgehead atoms. The molecule has 0 aliphatic heterocycles. The minimum Gasteiger partial charge on any atom is -0.350 e. The molecule has 134 valence electrons. The third-order valence-electron chi connectivity index (χ3n) is 4.77. The van der Waals surface area contributed by atoms with Gasteiger partial charge in [-0.05, 0) is 28.7 Å². The third-order valence-corrected chi connectivity index (χ3v) is 4.77. The lowest BCUT2D eigenvalue weighted by Crippen LogP contribution is -2.22. The molecule has 2 nitrogen and oxygen atoms in total. The van der Waals surface area contributed by atoms with Crippen LogP contribution in [0.4, 0.5) is 0 Å². The Hall–Kier alpha value is -2.61. The van der Waals surface area contributed by atoms with Crippen molar-refractivity contribution in [3.8, 4) is 11.3 Å². The topological polar surface area (TPSA) is 7.94 Å². The van der Waals surface area contributed by atoms with Crippen molar-refractivity contribution in [2.24, 2.45) is 7.05 Å². The molecule has 0 spiro atoms. The molecular formula is C24H29N2+. The highest BCUT2D eigenvalue weighted by atomic mass is 15.0. The first-order valence-electron chi connectivity index (χ1n) is 9.16. The lowest BCUT2D eigenvalue weighted by Gasteiger charge is -2.20. The Labute approximate surface area is 157 Å². The number of benzene rings is 2. The van der Waals surface area contributed by atoms with Gasteiger partial charge in [-0.2, -0.15) is 0 Å². The van der Waals surface area contributed by atoms with E-state index in [4.69, 9.17) is 0 Å². The van der Waals surface area contributed by atoms with E-state index in [0.29, 0.717) is 0 Å². The summed E-state index contributed by atoms with van der Waals surface area (Å²) in [5.74, 6) is 0. The lowest BCUT2D eigenvalue weighted by atomic mass is 9.82. The Balaban J connectivity index is 2.40. The van der Waals surface area contributed by atoms with E-state index in [0.717, 1.165) is 0 Å². The average Bonchev–Trinajstić information content (AvgIpc) is 2.94. The Morgan fingerprint density at radius 2 is 1.38 bits per heavy atom. The quantitative estimate of drug-likeness (QED) is 0.461. The first-order valence-corrected chi connectivity index (χ1v) is 9.16. The van der Waals surface area contributed by atoms with Crippen LogP contribution in [-0.2, 0) is 12.5 Å². The number of nitrogens with zero attached hydrogens (tertiary/aromatic N) is 2. The summed E-state index contributed by atoms with van der Waals surface area (Å²) in [5, 5.41) is 0. The summed E-state index contributed by atoms with van der Waals surface area (Å²) in [6.07, 6.45) is 2.30. The highest BCUT2D eigenvalue weighted by molar-refractivity contribution is 6.14. The molecule has 0 fully saturated rings. The van der Waals surface area contributed by atoms with Gasteiger partial charge in [-0.3, -0.25) is 0 Å². The molecule has 0 unspecified atom stereocenters. The number of hydrogen-bond donors (Lipinski definition) is 0. The molecule has 2 heteroatoms. The van der Waals surface area contributed by atoms with Crippen molar-refractivity contribution >= 4 is 5.71 Å². The third kappa shape index (κ3) is 3.37. The molecule has 3 rings (SSSR count). The summed E-state index contributed by atoms with van der Waals surface area (Å²) in [5.41, 5.74) is 7.75. The van der Waals surface area contributed by atoms with Gasteiger partial charge in [0.2, 0.25) is 5.71 Å². The van der Waals surface area contributed by atoms with Crippen LogP contribution in [0.5, 0.6) is 0 Å². The Morgan fingerprint density at radius 1 is 0.846 bits per heavy atom. The van der Waals surface area contributed by atoms with Gasteiger partial charge in [-0.15, -0.1) is 0 Å². The van der Waals surface area contributed by atoms with Crippen molar-refractivity contribution in [3.63, 3.8) is 0 Å². The second-order valence-corrected chi connectivity index (χ2v) is 8.10. The first kappa shape index (κ1) is 18.2. The van der Waals surface area contributed by atoms with E-state index in [-0.39, 0.29) is 5.41 Å². The molecule has 26 heavy (non-hydrogen) atoms. The van der Waals surface area contributed by atoms with Crippen LogP contribution in [0.1, 0.15) is 37.5 Å². The fraction of sp³-hybridized carbons (Fsp3) is 0.292. The maximum absolute atomic E-state index is 2.30. The largest absolute Gasteiger partial charge is 0.350 e. The van der Waals surface area contributed by atoms with Gasteiger partial charge in [0, 0.05) is 18.8 Å². The van der Waals surface area contributed by atoms with E-state index in [1.165, 1.54) is 33.7 Å². The number of rotatable bonds is 3. The van der Waals surface area contributed by atoms with Crippen molar-refractivity contribution < 1.29 is 4.58 Å². The predicted molar refractivity (Wildman–Crippen MR) is 111 cm³/mol. The number of aromatic nitrogens is 1. The molecule has 0 saturated heterocycles. The van der Waals surface area contributed by atoms with E-state index >= 15 is 0 Å². The molecule has 1 aromatic heterocycles. The second-order valence-electron chi connectivity index (χ2n) is 8.10. The van der Waals surface area contributed by atoms with Gasteiger partial charge in [0.25, 0.3) is 0 Å². The average molecular weight is 346 g/mol. The summed E-state index contributed by atoms with van der Waals surface area (Å²) in [6.45, 7) is 6.87. The Morgan fingerprint density at radius 3 is 1.88 bits per heavy atom. The van der Waals surface area contributed by atoms with Crippen molar-refractivity contribution in [1.29, 1.82) is 0 Å². The van der Waals surface area contributed by atoms with Crippen LogP contribution in [0.3, 0.4) is 0 Å². The molecule has 0 radical (unpaired) electrons. The number of hydrogen-bond acceptors (Lipinski definition) is 0. The zero-order valence-electron chi connectivity index (χ0n) is 16.7. The van der Waals surface area contributed by atoms with Crippen LogP contribution in [0, 0.1) is 0 Å². The van der Waals surface area contributed by atoms with Crippen LogP contribution >= 0.6 is 0 Å². The highest BCUT2D eigenvalue weighted by Gasteiger charge is 2.31. The molecular weight excluding hydrogens is 316 g/mol. The standard InChI is InChI=1S/C24H29N2/c1-24(2,3)20-17-26(6)23(19-15-11-8-12-16-19)21(20)22(25(4)5)18-13-9-7-10-14-18/h7-17H,1-6H3/q+1. The molecule has 3 aromatic rings. The van der Waals surface area contributed by atoms with Crippen molar-refractivity contribution in [3.05, 3.63) is 83.6 Å². The number of aryl methyl sites for hydroxylation is 1. The zero-order chi connectivity index (χ0) is 18.9. The van der Waals surface area contributed by atoms with Gasteiger partial charge in [0.05, 0.1) is 11.3 Å². The molecule has 0 saturated carbocycles. The molecule has 0 amide bonds. The van der Waals surface area contributed by atoms with E-state index < -0.39 is 0 Å². The molecule has 2 aromatic carbocycles. The van der Waals surface area contributed by atoms with Crippen molar-refractivity contribution in [2.45, 2.75) is 26.2 Å². The van der Waals surface area contributed by atoms with Gasteiger partial charge in [-0.25, -0.2) is 4.58 Å². The minimum absolute atomic E-state index is 0.0518. The van der Waals surface area contributed by atoms with Crippen LogP contribution < -0.4 is 0 Å². The zero-order valence-corrected chi connectivity index (χ0v) is 16.7. The van der Waals surface area contributed by atoms with Crippen LogP contribution in [0.25, 0.3) is 11.3 Å². The van der Waals surface area contributed by atoms with Gasteiger partial charge in [-0.1, -0.05) is 69.3 Å². The van der Waals surface area contributed by atoms with Gasteiger partial charge >= 0.3 is 0 Å². The van der Waals surface area contributed by atoms with Gasteiger partial charge in [0.15, 0.2) is 0 Å². The smallest absolute Gasteiger partial charge is 0.216 e. The predicted octanol–water partition coefficient (Wildman–Crippen LogP) is 5.10. The minimum atomic E-state index is 0.0518. The normalized spacial score (nSPS) is 11.5. The Kier molecular flexibility index (Phi) is 4.86.